The first-order valence-corrected chi connectivity index (χ1v) is 7.31. The lowest BCUT2D eigenvalue weighted by Gasteiger charge is -2.18. The number of aromatic nitrogens is 1. The number of para-hydroxylation sites is 1. The van der Waals surface area contributed by atoms with E-state index in [1.807, 2.05) is 32.0 Å². The average Bonchev–Trinajstić information content (AvgIpc) is 2.50. The number of nitrogens with two attached hydrogens (primary N) is 1. The van der Waals surface area contributed by atoms with Crippen molar-refractivity contribution >= 4 is 17.3 Å². The Labute approximate surface area is 129 Å². The maximum absolute atomic E-state index is 12.5. The fourth-order valence-electron chi connectivity index (χ4n) is 2.38. The predicted octanol–water partition coefficient (Wildman–Crippen LogP) is 2.50. The van der Waals surface area contributed by atoms with Crippen molar-refractivity contribution in [2.24, 2.45) is 0 Å². The van der Waals surface area contributed by atoms with Gasteiger partial charge in [0.2, 0.25) is 5.91 Å². The van der Waals surface area contributed by atoms with Crippen LogP contribution in [0, 0.1) is 6.92 Å². The van der Waals surface area contributed by atoms with Gasteiger partial charge in [0.15, 0.2) is 0 Å². The molecular formula is C17H21N3O2. The summed E-state index contributed by atoms with van der Waals surface area (Å²) < 4.78 is 1.34. The molecule has 0 fully saturated rings. The van der Waals surface area contributed by atoms with Crippen LogP contribution in [0.5, 0.6) is 0 Å². The molecule has 1 amide bonds. The lowest BCUT2D eigenvalue weighted by Crippen LogP contribution is -2.31. The lowest BCUT2D eigenvalue weighted by molar-refractivity contribution is -0.118. The first kappa shape index (κ1) is 15.8. The molecule has 1 atom stereocenters. The highest BCUT2D eigenvalue weighted by molar-refractivity contribution is 5.95. The number of pyridine rings is 1. The number of benzene rings is 1. The minimum Gasteiger partial charge on any atom is -0.398 e. The molecule has 0 bridgehead atoms. The number of carbonyl (C=O) groups excluding carboxylic acids is 1. The third-order valence-corrected chi connectivity index (χ3v) is 3.75. The Bertz CT molecular complexity index is 750. The molecule has 116 valence electrons. The fourth-order valence-corrected chi connectivity index (χ4v) is 2.38. The quantitative estimate of drug-likeness (QED) is 0.910. The summed E-state index contributed by atoms with van der Waals surface area (Å²) in [5.74, 6) is -0.239. The van der Waals surface area contributed by atoms with E-state index in [4.69, 9.17) is 5.73 Å². The number of hydrogen-bond donors (Lipinski definition) is 2. The van der Waals surface area contributed by atoms with E-state index in [9.17, 15) is 9.59 Å². The van der Waals surface area contributed by atoms with Gasteiger partial charge >= 0.3 is 0 Å². The largest absolute Gasteiger partial charge is 0.398 e. The molecule has 5 nitrogen and oxygen atoms in total. The standard InChI is InChI=1S/C17H21N3O2/c1-4-13-7-5-6-11(2)16(13)19-17(22)12(3)20-10-14(18)8-9-15(20)21/h5-10,12H,4,18H2,1-3H3,(H,19,22). The Morgan fingerprint density at radius 3 is 2.73 bits per heavy atom. The van der Waals surface area contributed by atoms with Crippen LogP contribution in [0.1, 0.15) is 31.0 Å². The minimum atomic E-state index is -0.639. The molecule has 0 saturated heterocycles. The van der Waals surface area contributed by atoms with Crippen molar-refractivity contribution < 1.29 is 4.79 Å². The van der Waals surface area contributed by atoms with Crippen LogP contribution in [-0.2, 0) is 11.2 Å². The first-order chi connectivity index (χ1) is 10.4. The summed E-state index contributed by atoms with van der Waals surface area (Å²) in [6.07, 6.45) is 2.31. The number of rotatable bonds is 4. The molecule has 1 unspecified atom stereocenters. The zero-order valence-corrected chi connectivity index (χ0v) is 13.1. The molecule has 3 N–H and O–H groups in total. The molecule has 0 radical (unpaired) electrons. The van der Waals surface area contributed by atoms with Gasteiger partial charge in [-0.2, -0.15) is 0 Å². The summed E-state index contributed by atoms with van der Waals surface area (Å²) in [5, 5.41) is 2.94. The molecule has 22 heavy (non-hydrogen) atoms. The zero-order valence-electron chi connectivity index (χ0n) is 13.1. The van der Waals surface area contributed by atoms with Crippen LogP contribution in [0.4, 0.5) is 11.4 Å². The summed E-state index contributed by atoms with van der Waals surface area (Å²) >= 11 is 0. The summed E-state index contributed by atoms with van der Waals surface area (Å²) in [4.78, 5) is 24.4. The summed E-state index contributed by atoms with van der Waals surface area (Å²) in [7, 11) is 0. The van der Waals surface area contributed by atoms with Crippen LogP contribution in [0.2, 0.25) is 0 Å². The van der Waals surface area contributed by atoms with Gasteiger partial charge in [-0.25, -0.2) is 0 Å². The van der Waals surface area contributed by atoms with Crippen molar-refractivity contribution in [3.05, 3.63) is 58.0 Å². The van der Waals surface area contributed by atoms with Crippen LogP contribution < -0.4 is 16.6 Å². The smallest absolute Gasteiger partial charge is 0.251 e. The van der Waals surface area contributed by atoms with Crippen molar-refractivity contribution in [1.29, 1.82) is 0 Å². The van der Waals surface area contributed by atoms with Gasteiger partial charge in [0.1, 0.15) is 6.04 Å². The number of nitrogens with one attached hydrogen (secondary N) is 1. The number of hydrogen-bond acceptors (Lipinski definition) is 3. The van der Waals surface area contributed by atoms with Crippen molar-refractivity contribution in [2.45, 2.75) is 33.2 Å². The zero-order chi connectivity index (χ0) is 16.3. The Morgan fingerprint density at radius 1 is 1.32 bits per heavy atom. The van der Waals surface area contributed by atoms with Crippen LogP contribution in [0.25, 0.3) is 0 Å². The van der Waals surface area contributed by atoms with E-state index < -0.39 is 6.04 Å². The second-order valence-corrected chi connectivity index (χ2v) is 5.34. The third-order valence-electron chi connectivity index (χ3n) is 3.75. The van der Waals surface area contributed by atoms with E-state index in [0.29, 0.717) is 5.69 Å². The molecule has 0 spiro atoms. The number of aryl methyl sites for hydroxylation is 2. The van der Waals surface area contributed by atoms with Gasteiger partial charge in [0.05, 0.1) is 0 Å². The molecule has 0 saturated carbocycles. The lowest BCUT2D eigenvalue weighted by atomic mass is 10.1. The number of nitrogen functional groups attached to an aromatic ring is 1. The van der Waals surface area contributed by atoms with Crippen molar-refractivity contribution in [3.8, 4) is 0 Å². The SMILES string of the molecule is CCc1cccc(C)c1NC(=O)C(C)n1cc(N)ccc1=O. The van der Waals surface area contributed by atoms with Gasteiger partial charge in [-0.05, 0) is 37.5 Å². The van der Waals surface area contributed by atoms with Crippen LogP contribution in [0.3, 0.4) is 0 Å². The number of carbonyl (C=O) groups is 1. The second-order valence-electron chi connectivity index (χ2n) is 5.34. The molecule has 0 aliphatic rings. The summed E-state index contributed by atoms with van der Waals surface area (Å²) in [5.41, 5.74) is 8.78. The van der Waals surface area contributed by atoms with E-state index in [1.54, 1.807) is 6.92 Å². The maximum atomic E-state index is 12.5. The number of anilines is 2. The highest BCUT2D eigenvalue weighted by Gasteiger charge is 2.18. The molecule has 1 heterocycles. The topological polar surface area (TPSA) is 77.1 Å². The molecular weight excluding hydrogens is 278 g/mol. The van der Waals surface area contributed by atoms with E-state index in [1.165, 1.54) is 22.9 Å². The Hall–Kier alpha value is -2.56. The van der Waals surface area contributed by atoms with Crippen LogP contribution in [-0.4, -0.2) is 10.5 Å². The van der Waals surface area contributed by atoms with E-state index in [-0.39, 0.29) is 11.5 Å². The van der Waals surface area contributed by atoms with Gasteiger partial charge in [-0.15, -0.1) is 0 Å². The average molecular weight is 299 g/mol. The van der Waals surface area contributed by atoms with Gasteiger partial charge < -0.3 is 15.6 Å². The van der Waals surface area contributed by atoms with Crippen molar-refractivity contribution in [2.75, 3.05) is 11.1 Å². The van der Waals surface area contributed by atoms with E-state index in [0.717, 1.165) is 23.2 Å². The van der Waals surface area contributed by atoms with E-state index in [2.05, 4.69) is 5.32 Å². The number of amides is 1. The van der Waals surface area contributed by atoms with E-state index >= 15 is 0 Å². The van der Waals surface area contributed by atoms with Gasteiger partial charge in [0.25, 0.3) is 5.56 Å². The Morgan fingerprint density at radius 2 is 2.05 bits per heavy atom. The molecule has 2 rings (SSSR count). The molecule has 5 heteroatoms. The highest BCUT2D eigenvalue weighted by atomic mass is 16.2. The van der Waals surface area contributed by atoms with Crippen molar-refractivity contribution in [3.63, 3.8) is 0 Å². The molecule has 1 aromatic heterocycles. The normalized spacial score (nSPS) is 12.0. The minimum absolute atomic E-state index is 0.239. The summed E-state index contributed by atoms with van der Waals surface area (Å²) in [6, 6.07) is 8.16. The second kappa shape index (κ2) is 6.47. The van der Waals surface area contributed by atoms with Gasteiger partial charge in [-0.3, -0.25) is 9.59 Å². The monoisotopic (exact) mass is 299 g/mol. The number of nitrogens with zero attached hydrogens (tertiary/aromatic N) is 1. The molecule has 1 aromatic carbocycles. The fraction of sp³-hybridized carbons (Fsp3) is 0.294. The molecule has 0 aliphatic carbocycles. The Balaban J connectivity index is 2.30. The Kier molecular flexibility index (Phi) is 4.65. The highest BCUT2D eigenvalue weighted by Crippen LogP contribution is 2.22. The first-order valence-electron chi connectivity index (χ1n) is 7.31. The third kappa shape index (κ3) is 3.19. The predicted molar refractivity (Wildman–Crippen MR) is 89.0 cm³/mol. The van der Waals surface area contributed by atoms with Crippen LogP contribution in [0.15, 0.2) is 41.3 Å². The van der Waals surface area contributed by atoms with Crippen LogP contribution >= 0.6 is 0 Å². The summed E-state index contributed by atoms with van der Waals surface area (Å²) in [6.45, 7) is 5.67. The molecule has 2 aromatic rings. The van der Waals surface area contributed by atoms with Crippen molar-refractivity contribution in [1.82, 2.24) is 4.57 Å². The maximum Gasteiger partial charge on any atom is 0.251 e. The molecule has 0 aliphatic heterocycles. The van der Waals surface area contributed by atoms with Gasteiger partial charge in [-0.1, -0.05) is 25.1 Å². The van der Waals surface area contributed by atoms with Gasteiger partial charge in [0, 0.05) is 23.6 Å².